The summed E-state index contributed by atoms with van der Waals surface area (Å²) in [5.41, 5.74) is 0. The molecule has 0 spiro atoms. The van der Waals surface area contributed by atoms with Crippen molar-refractivity contribution in [2.45, 2.75) is 45.8 Å². The Morgan fingerprint density at radius 3 is 2.62 bits per heavy atom. The lowest BCUT2D eigenvalue weighted by molar-refractivity contribution is 0.0442. The zero-order valence-electron chi connectivity index (χ0n) is 11.2. The first kappa shape index (κ1) is 13.9. The Hall–Kier alpha value is -0.120. The van der Waals surface area contributed by atoms with Crippen molar-refractivity contribution in [1.29, 1.82) is 0 Å². The van der Waals surface area contributed by atoms with Crippen molar-refractivity contribution in [2.24, 2.45) is 11.8 Å². The van der Waals surface area contributed by atoms with Crippen LogP contribution < -0.4 is 5.32 Å². The minimum atomic E-state index is -0.133. The van der Waals surface area contributed by atoms with Gasteiger partial charge in [0.05, 0.1) is 6.10 Å². The number of hydrogen-bond donors (Lipinski definition) is 2. The third kappa shape index (κ3) is 4.40. The number of likely N-dealkylation sites (tertiary alicyclic amines) is 1. The fourth-order valence-electron chi connectivity index (χ4n) is 2.53. The summed E-state index contributed by atoms with van der Waals surface area (Å²) in [4.78, 5) is 2.34. The molecule has 0 radical (unpaired) electrons. The molecule has 1 saturated heterocycles. The highest BCUT2D eigenvalue weighted by atomic mass is 16.3. The van der Waals surface area contributed by atoms with E-state index in [2.05, 4.69) is 38.0 Å². The van der Waals surface area contributed by atoms with Crippen LogP contribution in [0.4, 0.5) is 0 Å². The van der Waals surface area contributed by atoms with Crippen LogP contribution in [0, 0.1) is 11.8 Å². The molecule has 0 bridgehead atoms. The number of piperidine rings is 1. The largest absolute Gasteiger partial charge is 0.393 e. The first-order valence-corrected chi connectivity index (χ1v) is 6.62. The SMILES string of the molecule is CCC(O)C1CC(NCC(C)C)CN(C)C1. The van der Waals surface area contributed by atoms with Crippen LogP contribution in [0.15, 0.2) is 0 Å². The molecule has 1 aliphatic heterocycles. The highest BCUT2D eigenvalue weighted by molar-refractivity contribution is 4.85. The van der Waals surface area contributed by atoms with Crippen LogP contribution in [0.1, 0.15) is 33.6 Å². The summed E-state index contributed by atoms with van der Waals surface area (Å²) in [7, 11) is 2.15. The highest BCUT2D eigenvalue weighted by Crippen LogP contribution is 2.21. The Morgan fingerprint density at radius 2 is 2.06 bits per heavy atom. The standard InChI is InChI=1S/C13H28N2O/c1-5-13(16)11-6-12(9-15(4)8-11)14-7-10(2)3/h10-14,16H,5-9H2,1-4H3. The Balaban J connectivity index is 2.41. The molecule has 0 aromatic rings. The molecule has 1 aliphatic rings. The summed E-state index contributed by atoms with van der Waals surface area (Å²) in [6, 6.07) is 0.548. The van der Waals surface area contributed by atoms with Crippen molar-refractivity contribution < 1.29 is 5.11 Å². The molecule has 3 atom stereocenters. The summed E-state index contributed by atoms with van der Waals surface area (Å²) < 4.78 is 0. The number of rotatable bonds is 5. The monoisotopic (exact) mass is 228 g/mol. The van der Waals surface area contributed by atoms with Gasteiger partial charge in [-0.25, -0.2) is 0 Å². The first-order valence-electron chi connectivity index (χ1n) is 6.62. The molecule has 16 heavy (non-hydrogen) atoms. The normalized spacial score (nSPS) is 29.6. The molecule has 2 N–H and O–H groups in total. The van der Waals surface area contributed by atoms with E-state index >= 15 is 0 Å². The molecular formula is C13H28N2O. The van der Waals surface area contributed by atoms with Crippen molar-refractivity contribution >= 4 is 0 Å². The van der Waals surface area contributed by atoms with Crippen molar-refractivity contribution in [3.05, 3.63) is 0 Å². The second-order valence-corrected chi connectivity index (χ2v) is 5.69. The second-order valence-electron chi connectivity index (χ2n) is 5.69. The maximum atomic E-state index is 9.94. The maximum absolute atomic E-state index is 9.94. The zero-order valence-corrected chi connectivity index (χ0v) is 11.2. The zero-order chi connectivity index (χ0) is 12.1. The van der Waals surface area contributed by atoms with E-state index in [4.69, 9.17) is 0 Å². The Labute approximate surface area is 100 Å². The molecule has 1 heterocycles. The summed E-state index contributed by atoms with van der Waals surface area (Å²) in [6.07, 6.45) is 1.85. The van der Waals surface area contributed by atoms with Crippen LogP contribution in [0.2, 0.25) is 0 Å². The predicted octanol–water partition coefficient (Wildman–Crippen LogP) is 1.32. The molecule has 0 amide bonds. The van der Waals surface area contributed by atoms with Gasteiger partial charge >= 0.3 is 0 Å². The van der Waals surface area contributed by atoms with Gasteiger partial charge in [0.2, 0.25) is 0 Å². The second kappa shape index (κ2) is 6.58. The number of aliphatic hydroxyl groups is 1. The average Bonchev–Trinajstić information content (AvgIpc) is 2.24. The summed E-state index contributed by atoms with van der Waals surface area (Å²) in [5.74, 6) is 1.13. The minimum absolute atomic E-state index is 0.133. The van der Waals surface area contributed by atoms with Crippen molar-refractivity contribution in [3.63, 3.8) is 0 Å². The number of nitrogens with zero attached hydrogens (tertiary/aromatic N) is 1. The van der Waals surface area contributed by atoms with Crippen molar-refractivity contribution in [2.75, 3.05) is 26.7 Å². The minimum Gasteiger partial charge on any atom is -0.393 e. The molecule has 0 saturated carbocycles. The van der Waals surface area contributed by atoms with Gasteiger partial charge < -0.3 is 15.3 Å². The lowest BCUT2D eigenvalue weighted by atomic mass is 9.88. The predicted molar refractivity (Wildman–Crippen MR) is 68.5 cm³/mol. The quantitative estimate of drug-likeness (QED) is 0.745. The van der Waals surface area contributed by atoms with E-state index in [1.54, 1.807) is 0 Å². The lowest BCUT2D eigenvalue weighted by Crippen LogP contribution is -2.50. The molecule has 3 nitrogen and oxygen atoms in total. The topological polar surface area (TPSA) is 35.5 Å². The number of nitrogens with one attached hydrogen (secondary N) is 1. The maximum Gasteiger partial charge on any atom is 0.0578 e. The van der Waals surface area contributed by atoms with Crippen LogP contribution in [-0.4, -0.2) is 48.8 Å². The molecule has 0 aliphatic carbocycles. The van der Waals surface area contributed by atoms with E-state index in [9.17, 15) is 5.11 Å². The molecule has 3 unspecified atom stereocenters. The van der Waals surface area contributed by atoms with Crippen LogP contribution in [0.25, 0.3) is 0 Å². The molecule has 0 aromatic heterocycles. The van der Waals surface area contributed by atoms with Crippen LogP contribution in [0.5, 0.6) is 0 Å². The fourth-order valence-corrected chi connectivity index (χ4v) is 2.53. The van der Waals surface area contributed by atoms with E-state index in [0.717, 1.165) is 32.5 Å². The summed E-state index contributed by atoms with van der Waals surface area (Å²) in [6.45, 7) is 9.76. The molecule has 1 fully saturated rings. The van der Waals surface area contributed by atoms with Gasteiger partial charge in [0, 0.05) is 19.1 Å². The molecule has 1 rings (SSSR count). The van der Waals surface area contributed by atoms with E-state index in [0.29, 0.717) is 17.9 Å². The van der Waals surface area contributed by atoms with Gasteiger partial charge in [-0.15, -0.1) is 0 Å². The van der Waals surface area contributed by atoms with Crippen LogP contribution in [-0.2, 0) is 0 Å². The third-order valence-electron chi connectivity index (χ3n) is 3.44. The Bertz CT molecular complexity index is 196. The van der Waals surface area contributed by atoms with E-state index in [-0.39, 0.29) is 6.10 Å². The van der Waals surface area contributed by atoms with Crippen molar-refractivity contribution in [1.82, 2.24) is 10.2 Å². The van der Waals surface area contributed by atoms with Gasteiger partial charge in [-0.3, -0.25) is 0 Å². The van der Waals surface area contributed by atoms with Crippen LogP contribution in [0.3, 0.4) is 0 Å². The Morgan fingerprint density at radius 1 is 1.38 bits per heavy atom. The first-order chi connectivity index (χ1) is 7.52. The summed E-state index contributed by atoms with van der Waals surface area (Å²) >= 11 is 0. The van der Waals surface area contributed by atoms with Gasteiger partial charge in [-0.2, -0.15) is 0 Å². The Kier molecular flexibility index (Phi) is 5.73. The van der Waals surface area contributed by atoms with E-state index in [1.165, 1.54) is 0 Å². The summed E-state index contributed by atoms with van der Waals surface area (Å²) in [5, 5.41) is 13.5. The molecule has 3 heteroatoms. The average molecular weight is 228 g/mol. The molecule has 96 valence electrons. The van der Waals surface area contributed by atoms with Crippen molar-refractivity contribution in [3.8, 4) is 0 Å². The van der Waals surface area contributed by atoms with Gasteiger partial charge in [-0.1, -0.05) is 20.8 Å². The fraction of sp³-hybridized carbons (Fsp3) is 1.00. The molecular weight excluding hydrogens is 200 g/mol. The van der Waals surface area contributed by atoms with E-state index in [1.807, 2.05) is 0 Å². The third-order valence-corrected chi connectivity index (χ3v) is 3.44. The van der Waals surface area contributed by atoms with E-state index < -0.39 is 0 Å². The van der Waals surface area contributed by atoms with Crippen LogP contribution >= 0.6 is 0 Å². The van der Waals surface area contributed by atoms with Gasteiger partial charge in [0.15, 0.2) is 0 Å². The number of aliphatic hydroxyl groups excluding tert-OH is 1. The number of hydrogen-bond acceptors (Lipinski definition) is 3. The van der Waals surface area contributed by atoms with Gasteiger partial charge in [0.1, 0.15) is 0 Å². The molecule has 0 aromatic carbocycles. The number of likely N-dealkylation sites (N-methyl/N-ethyl adjacent to an activating group) is 1. The lowest BCUT2D eigenvalue weighted by Gasteiger charge is -2.38. The smallest absolute Gasteiger partial charge is 0.0578 e. The van der Waals surface area contributed by atoms with Gasteiger partial charge in [-0.05, 0) is 38.3 Å². The van der Waals surface area contributed by atoms with Gasteiger partial charge in [0.25, 0.3) is 0 Å². The highest BCUT2D eigenvalue weighted by Gasteiger charge is 2.28.